The SMILES string of the molecule is Cc1cccc(C(=O)n2nc(-c3ccccc3)nc2N)c1. The average molecular weight is 278 g/mol. The van der Waals surface area contributed by atoms with Gasteiger partial charge in [-0.25, -0.2) is 0 Å². The third-order valence-corrected chi connectivity index (χ3v) is 3.12. The zero-order chi connectivity index (χ0) is 14.8. The third kappa shape index (κ3) is 2.53. The highest BCUT2D eigenvalue weighted by molar-refractivity contribution is 5.97. The van der Waals surface area contributed by atoms with Crippen molar-refractivity contribution in [2.75, 3.05) is 5.73 Å². The van der Waals surface area contributed by atoms with Crippen LogP contribution in [-0.4, -0.2) is 20.7 Å². The summed E-state index contributed by atoms with van der Waals surface area (Å²) in [6, 6.07) is 16.7. The molecule has 1 heterocycles. The van der Waals surface area contributed by atoms with Crippen molar-refractivity contribution < 1.29 is 4.79 Å². The Balaban J connectivity index is 2.00. The summed E-state index contributed by atoms with van der Waals surface area (Å²) < 4.78 is 1.14. The maximum absolute atomic E-state index is 12.4. The van der Waals surface area contributed by atoms with E-state index < -0.39 is 0 Å². The van der Waals surface area contributed by atoms with Crippen LogP contribution in [0.25, 0.3) is 11.4 Å². The quantitative estimate of drug-likeness (QED) is 0.781. The van der Waals surface area contributed by atoms with E-state index >= 15 is 0 Å². The van der Waals surface area contributed by atoms with Crippen molar-refractivity contribution in [3.63, 3.8) is 0 Å². The highest BCUT2D eigenvalue weighted by Crippen LogP contribution is 2.17. The molecule has 0 saturated carbocycles. The van der Waals surface area contributed by atoms with Crippen LogP contribution in [0.2, 0.25) is 0 Å². The fourth-order valence-electron chi connectivity index (χ4n) is 2.08. The second-order valence-corrected chi connectivity index (χ2v) is 4.75. The number of aryl methyl sites for hydroxylation is 1. The van der Waals surface area contributed by atoms with Crippen molar-refractivity contribution in [1.82, 2.24) is 14.8 Å². The maximum Gasteiger partial charge on any atom is 0.281 e. The number of hydrogen-bond donors (Lipinski definition) is 1. The molecular weight excluding hydrogens is 264 g/mol. The van der Waals surface area contributed by atoms with E-state index in [9.17, 15) is 4.79 Å². The minimum Gasteiger partial charge on any atom is -0.368 e. The number of aromatic nitrogens is 3. The first-order chi connectivity index (χ1) is 10.1. The van der Waals surface area contributed by atoms with Crippen LogP contribution in [0.3, 0.4) is 0 Å². The molecule has 0 spiro atoms. The lowest BCUT2D eigenvalue weighted by atomic mass is 10.1. The summed E-state index contributed by atoms with van der Waals surface area (Å²) >= 11 is 0. The minimum atomic E-state index is -0.286. The average Bonchev–Trinajstić information content (AvgIpc) is 2.89. The summed E-state index contributed by atoms with van der Waals surface area (Å²) in [6.07, 6.45) is 0. The molecule has 1 aromatic heterocycles. The number of anilines is 1. The second-order valence-electron chi connectivity index (χ2n) is 4.75. The Morgan fingerprint density at radius 2 is 1.86 bits per heavy atom. The van der Waals surface area contributed by atoms with Gasteiger partial charge < -0.3 is 5.73 Å². The van der Waals surface area contributed by atoms with Gasteiger partial charge in [0.1, 0.15) is 0 Å². The number of rotatable bonds is 2. The van der Waals surface area contributed by atoms with Crippen LogP contribution >= 0.6 is 0 Å². The zero-order valence-corrected chi connectivity index (χ0v) is 11.5. The predicted octanol–water partition coefficient (Wildman–Crippen LogP) is 2.52. The van der Waals surface area contributed by atoms with Gasteiger partial charge in [-0.3, -0.25) is 4.79 Å². The molecule has 3 aromatic rings. The molecule has 5 nitrogen and oxygen atoms in total. The van der Waals surface area contributed by atoms with Crippen LogP contribution in [0.15, 0.2) is 54.6 Å². The molecule has 104 valence electrons. The lowest BCUT2D eigenvalue weighted by Gasteiger charge is -2.02. The fraction of sp³-hybridized carbons (Fsp3) is 0.0625. The first-order valence-electron chi connectivity index (χ1n) is 6.54. The Morgan fingerprint density at radius 1 is 1.10 bits per heavy atom. The predicted molar refractivity (Wildman–Crippen MR) is 80.8 cm³/mol. The Labute approximate surface area is 122 Å². The Morgan fingerprint density at radius 3 is 2.57 bits per heavy atom. The normalized spacial score (nSPS) is 10.5. The largest absolute Gasteiger partial charge is 0.368 e. The summed E-state index contributed by atoms with van der Waals surface area (Å²) in [4.78, 5) is 16.6. The van der Waals surface area contributed by atoms with Gasteiger partial charge in [0.25, 0.3) is 5.91 Å². The smallest absolute Gasteiger partial charge is 0.281 e. The molecule has 2 N–H and O–H groups in total. The fourth-order valence-corrected chi connectivity index (χ4v) is 2.08. The van der Waals surface area contributed by atoms with Crippen LogP contribution in [-0.2, 0) is 0 Å². The van der Waals surface area contributed by atoms with Gasteiger partial charge in [-0.05, 0) is 19.1 Å². The van der Waals surface area contributed by atoms with E-state index in [-0.39, 0.29) is 11.9 Å². The van der Waals surface area contributed by atoms with Crippen molar-refractivity contribution >= 4 is 11.9 Å². The number of nitrogens with zero attached hydrogens (tertiary/aromatic N) is 3. The van der Waals surface area contributed by atoms with Gasteiger partial charge in [0.15, 0.2) is 5.82 Å². The van der Waals surface area contributed by atoms with E-state index in [0.717, 1.165) is 15.8 Å². The highest BCUT2D eigenvalue weighted by Gasteiger charge is 2.16. The van der Waals surface area contributed by atoms with E-state index in [0.29, 0.717) is 11.4 Å². The standard InChI is InChI=1S/C16H14N4O/c1-11-6-5-9-13(10-11)15(21)20-16(17)18-14(19-20)12-7-3-2-4-8-12/h2-10H,1H3,(H2,17,18,19). The lowest BCUT2D eigenvalue weighted by molar-refractivity contribution is 0.0948. The molecule has 2 aromatic carbocycles. The van der Waals surface area contributed by atoms with Gasteiger partial charge in [0, 0.05) is 11.1 Å². The van der Waals surface area contributed by atoms with Gasteiger partial charge >= 0.3 is 0 Å². The number of benzene rings is 2. The van der Waals surface area contributed by atoms with Gasteiger partial charge in [0.2, 0.25) is 5.95 Å². The van der Waals surface area contributed by atoms with E-state index in [4.69, 9.17) is 5.73 Å². The van der Waals surface area contributed by atoms with Gasteiger partial charge in [-0.1, -0.05) is 48.0 Å². The van der Waals surface area contributed by atoms with Crippen LogP contribution in [0.1, 0.15) is 15.9 Å². The van der Waals surface area contributed by atoms with Crippen molar-refractivity contribution in [3.05, 3.63) is 65.7 Å². The second kappa shape index (κ2) is 5.20. The molecule has 21 heavy (non-hydrogen) atoms. The Bertz CT molecular complexity index is 793. The molecule has 0 fully saturated rings. The molecule has 0 atom stereocenters. The summed E-state index contributed by atoms with van der Waals surface area (Å²) in [5.41, 5.74) is 8.18. The molecule has 5 heteroatoms. The number of carbonyl (C=O) groups is 1. The molecule has 0 aliphatic heterocycles. The lowest BCUT2D eigenvalue weighted by Crippen LogP contribution is -2.16. The number of hydrogen-bond acceptors (Lipinski definition) is 4. The van der Waals surface area contributed by atoms with Gasteiger partial charge in [-0.15, -0.1) is 5.10 Å². The first kappa shape index (κ1) is 13.1. The van der Waals surface area contributed by atoms with Crippen molar-refractivity contribution in [2.24, 2.45) is 0 Å². The van der Waals surface area contributed by atoms with E-state index in [2.05, 4.69) is 10.1 Å². The summed E-state index contributed by atoms with van der Waals surface area (Å²) in [5, 5.41) is 4.22. The number of carbonyl (C=O) groups excluding carboxylic acids is 1. The van der Waals surface area contributed by atoms with E-state index in [1.807, 2.05) is 49.4 Å². The van der Waals surface area contributed by atoms with Crippen LogP contribution < -0.4 is 5.73 Å². The summed E-state index contributed by atoms with van der Waals surface area (Å²) in [7, 11) is 0. The molecular formula is C16H14N4O. The summed E-state index contributed by atoms with van der Waals surface area (Å²) in [5.74, 6) is 0.236. The summed E-state index contributed by atoms with van der Waals surface area (Å²) in [6.45, 7) is 1.93. The molecule has 0 amide bonds. The molecule has 0 saturated heterocycles. The topological polar surface area (TPSA) is 73.8 Å². The Kier molecular flexibility index (Phi) is 3.23. The highest BCUT2D eigenvalue weighted by atomic mass is 16.2. The molecule has 0 unspecified atom stereocenters. The van der Waals surface area contributed by atoms with E-state index in [1.165, 1.54) is 0 Å². The zero-order valence-electron chi connectivity index (χ0n) is 11.5. The van der Waals surface area contributed by atoms with Crippen molar-refractivity contribution in [1.29, 1.82) is 0 Å². The molecule has 0 aliphatic carbocycles. The van der Waals surface area contributed by atoms with Crippen molar-refractivity contribution in [3.8, 4) is 11.4 Å². The molecule has 0 bridgehead atoms. The maximum atomic E-state index is 12.4. The Hall–Kier alpha value is -2.95. The number of nitrogens with two attached hydrogens (primary N) is 1. The van der Waals surface area contributed by atoms with Gasteiger partial charge in [-0.2, -0.15) is 9.67 Å². The van der Waals surface area contributed by atoms with Crippen LogP contribution in [0.5, 0.6) is 0 Å². The monoisotopic (exact) mass is 278 g/mol. The first-order valence-corrected chi connectivity index (χ1v) is 6.54. The minimum absolute atomic E-state index is 0.0837. The third-order valence-electron chi connectivity index (χ3n) is 3.12. The molecule has 0 aliphatic rings. The number of nitrogen functional groups attached to an aromatic ring is 1. The molecule has 0 radical (unpaired) electrons. The van der Waals surface area contributed by atoms with Gasteiger partial charge in [0.05, 0.1) is 0 Å². The van der Waals surface area contributed by atoms with Crippen LogP contribution in [0.4, 0.5) is 5.95 Å². The van der Waals surface area contributed by atoms with Crippen LogP contribution in [0, 0.1) is 6.92 Å². The van der Waals surface area contributed by atoms with Crippen molar-refractivity contribution in [2.45, 2.75) is 6.92 Å². The van der Waals surface area contributed by atoms with E-state index in [1.54, 1.807) is 12.1 Å². The molecule has 3 rings (SSSR count).